The van der Waals surface area contributed by atoms with Crippen molar-refractivity contribution in [1.82, 2.24) is 4.90 Å². The highest BCUT2D eigenvalue weighted by Gasteiger charge is 2.26. The summed E-state index contributed by atoms with van der Waals surface area (Å²) in [5.74, 6) is -0.114. The largest absolute Gasteiger partial charge is 0.328 e. The lowest BCUT2D eigenvalue weighted by molar-refractivity contribution is 0.136. The van der Waals surface area contributed by atoms with Crippen molar-refractivity contribution in [2.75, 3.05) is 7.05 Å². The standard InChI is InChI=1S/C15H23FN2/c1-11(14-8-3-4-9-15(14)16)18(2)13-7-5-6-12(17)10-13/h3-4,8-9,11-13H,5-7,10,17H2,1-2H3. The topological polar surface area (TPSA) is 29.3 Å². The molecular weight excluding hydrogens is 227 g/mol. The number of halogens is 1. The van der Waals surface area contributed by atoms with Gasteiger partial charge in [-0.1, -0.05) is 24.6 Å². The second kappa shape index (κ2) is 5.81. The third-order valence-electron chi connectivity index (χ3n) is 4.23. The van der Waals surface area contributed by atoms with Gasteiger partial charge in [0.05, 0.1) is 0 Å². The number of nitrogens with zero attached hydrogens (tertiary/aromatic N) is 1. The fourth-order valence-corrected chi connectivity index (χ4v) is 2.92. The highest BCUT2D eigenvalue weighted by molar-refractivity contribution is 5.20. The van der Waals surface area contributed by atoms with E-state index in [-0.39, 0.29) is 11.9 Å². The first-order valence-electron chi connectivity index (χ1n) is 6.81. The molecule has 3 unspecified atom stereocenters. The average molecular weight is 250 g/mol. The molecule has 0 amide bonds. The molecule has 3 heteroatoms. The molecule has 1 aliphatic rings. The van der Waals surface area contributed by atoms with Crippen LogP contribution in [0.3, 0.4) is 0 Å². The summed E-state index contributed by atoms with van der Waals surface area (Å²) in [5.41, 5.74) is 6.81. The predicted octanol–water partition coefficient (Wildman–Crippen LogP) is 3.09. The SMILES string of the molecule is CC(c1ccccc1F)N(C)C1CCCC(N)C1. The Morgan fingerprint density at radius 1 is 1.33 bits per heavy atom. The van der Waals surface area contributed by atoms with Gasteiger partial charge in [-0.25, -0.2) is 4.39 Å². The Kier molecular flexibility index (Phi) is 4.36. The van der Waals surface area contributed by atoms with E-state index < -0.39 is 0 Å². The molecule has 0 aromatic heterocycles. The van der Waals surface area contributed by atoms with E-state index in [1.54, 1.807) is 6.07 Å². The van der Waals surface area contributed by atoms with Crippen LogP contribution in [0.15, 0.2) is 24.3 Å². The van der Waals surface area contributed by atoms with Gasteiger partial charge in [-0.3, -0.25) is 4.90 Å². The monoisotopic (exact) mass is 250 g/mol. The lowest BCUT2D eigenvalue weighted by atomic mass is 9.89. The maximum atomic E-state index is 13.8. The molecule has 100 valence electrons. The molecule has 0 bridgehead atoms. The first-order chi connectivity index (χ1) is 8.59. The molecule has 2 N–H and O–H groups in total. The van der Waals surface area contributed by atoms with Crippen molar-refractivity contribution < 1.29 is 4.39 Å². The Hall–Kier alpha value is -0.930. The van der Waals surface area contributed by atoms with Crippen LogP contribution in [0, 0.1) is 5.82 Å². The van der Waals surface area contributed by atoms with Gasteiger partial charge in [0.2, 0.25) is 0 Å². The summed E-state index contributed by atoms with van der Waals surface area (Å²) in [4.78, 5) is 2.28. The van der Waals surface area contributed by atoms with E-state index in [0.29, 0.717) is 12.1 Å². The molecule has 0 heterocycles. The molecule has 0 spiro atoms. The van der Waals surface area contributed by atoms with Crippen LogP contribution in [0.25, 0.3) is 0 Å². The first kappa shape index (κ1) is 13.5. The van der Waals surface area contributed by atoms with Gasteiger partial charge >= 0.3 is 0 Å². The van der Waals surface area contributed by atoms with Crippen molar-refractivity contribution in [2.45, 2.75) is 50.7 Å². The summed E-state index contributed by atoms with van der Waals surface area (Å²) in [6.07, 6.45) is 4.50. The summed E-state index contributed by atoms with van der Waals surface area (Å²) in [7, 11) is 2.08. The lowest BCUT2D eigenvalue weighted by Crippen LogP contribution is -2.41. The molecule has 1 fully saturated rings. The van der Waals surface area contributed by atoms with Gasteiger partial charge in [0, 0.05) is 23.7 Å². The average Bonchev–Trinajstić information content (AvgIpc) is 2.37. The van der Waals surface area contributed by atoms with E-state index in [4.69, 9.17) is 5.73 Å². The number of hydrogen-bond acceptors (Lipinski definition) is 2. The molecule has 0 radical (unpaired) electrons. The van der Waals surface area contributed by atoms with E-state index in [1.807, 2.05) is 12.1 Å². The van der Waals surface area contributed by atoms with Crippen LogP contribution in [0.2, 0.25) is 0 Å². The van der Waals surface area contributed by atoms with Crippen molar-refractivity contribution in [2.24, 2.45) is 5.73 Å². The van der Waals surface area contributed by atoms with Crippen molar-refractivity contribution in [3.63, 3.8) is 0 Å². The third kappa shape index (κ3) is 2.90. The minimum absolute atomic E-state index is 0.0986. The Morgan fingerprint density at radius 2 is 2.06 bits per heavy atom. The molecule has 2 nitrogen and oxygen atoms in total. The van der Waals surface area contributed by atoms with Gasteiger partial charge in [-0.2, -0.15) is 0 Å². The molecule has 18 heavy (non-hydrogen) atoms. The summed E-state index contributed by atoms with van der Waals surface area (Å²) in [6.45, 7) is 2.07. The minimum atomic E-state index is -0.114. The van der Waals surface area contributed by atoms with E-state index in [9.17, 15) is 4.39 Å². The van der Waals surface area contributed by atoms with Crippen LogP contribution >= 0.6 is 0 Å². The van der Waals surface area contributed by atoms with E-state index in [1.165, 1.54) is 18.9 Å². The van der Waals surface area contributed by atoms with Crippen molar-refractivity contribution in [3.05, 3.63) is 35.6 Å². The van der Waals surface area contributed by atoms with E-state index >= 15 is 0 Å². The van der Waals surface area contributed by atoms with Gasteiger partial charge < -0.3 is 5.73 Å². The second-order valence-electron chi connectivity index (χ2n) is 5.44. The summed E-state index contributed by atoms with van der Waals surface area (Å²) < 4.78 is 13.8. The minimum Gasteiger partial charge on any atom is -0.328 e. The van der Waals surface area contributed by atoms with Gasteiger partial charge in [0.25, 0.3) is 0 Å². The maximum Gasteiger partial charge on any atom is 0.127 e. The molecular formula is C15H23FN2. The van der Waals surface area contributed by atoms with Crippen LogP contribution in [-0.4, -0.2) is 24.0 Å². The Bertz CT molecular complexity index is 394. The van der Waals surface area contributed by atoms with Crippen molar-refractivity contribution >= 4 is 0 Å². The zero-order chi connectivity index (χ0) is 13.1. The first-order valence-corrected chi connectivity index (χ1v) is 6.81. The molecule has 0 saturated heterocycles. The van der Waals surface area contributed by atoms with Crippen LogP contribution < -0.4 is 5.73 Å². The normalized spacial score (nSPS) is 26.3. The van der Waals surface area contributed by atoms with Crippen LogP contribution in [-0.2, 0) is 0 Å². The Morgan fingerprint density at radius 3 is 2.72 bits per heavy atom. The number of benzene rings is 1. The molecule has 1 saturated carbocycles. The summed E-state index contributed by atoms with van der Waals surface area (Å²) in [5, 5.41) is 0. The Labute approximate surface area is 109 Å². The van der Waals surface area contributed by atoms with Crippen molar-refractivity contribution in [3.8, 4) is 0 Å². The zero-order valence-electron chi connectivity index (χ0n) is 11.3. The number of nitrogens with two attached hydrogens (primary N) is 1. The lowest BCUT2D eigenvalue weighted by Gasteiger charge is -2.37. The molecule has 0 aliphatic heterocycles. The predicted molar refractivity (Wildman–Crippen MR) is 72.8 cm³/mol. The van der Waals surface area contributed by atoms with E-state index in [0.717, 1.165) is 18.4 Å². The maximum absolute atomic E-state index is 13.8. The molecule has 1 aliphatic carbocycles. The summed E-state index contributed by atoms with van der Waals surface area (Å²) >= 11 is 0. The molecule has 3 atom stereocenters. The highest BCUT2D eigenvalue weighted by Crippen LogP contribution is 2.29. The second-order valence-corrected chi connectivity index (χ2v) is 5.44. The zero-order valence-corrected chi connectivity index (χ0v) is 11.3. The fraction of sp³-hybridized carbons (Fsp3) is 0.600. The number of hydrogen-bond donors (Lipinski definition) is 1. The van der Waals surface area contributed by atoms with Gasteiger partial charge in [0.15, 0.2) is 0 Å². The van der Waals surface area contributed by atoms with Gasteiger partial charge in [-0.05, 0) is 39.3 Å². The Balaban J connectivity index is 2.08. The smallest absolute Gasteiger partial charge is 0.127 e. The van der Waals surface area contributed by atoms with Crippen LogP contribution in [0.5, 0.6) is 0 Å². The number of rotatable bonds is 3. The van der Waals surface area contributed by atoms with Gasteiger partial charge in [-0.15, -0.1) is 0 Å². The van der Waals surface area contributed by atoms with Gasteiger partial charge in [0.1, 0.15) is 5.82 Å². The third-order valence-corrected chi connectivity index (χ3v) is 4.23. The van der Waals surface area contributed by atoms with E-state index in [2.05, 4.69) is 18.9 Å². The van der Waals surface area contributed by atoms with Crippen molar-refractivity contribution in [1.29, 1.82) is 0 Å². The van der Waals surface area contributed by atoms with Crippen LogP contribution in [0.1, 0.15) is 44.2 Å². The molecule has 1 aromatic rings. The quantitative estimate of drug-likeness (QED) is 0.893. The fourth-order valence-electron chi connectivity index (χ4n) is 2.92. The summed E-state index contributed by atoms with van der Waals surface area (Å²) in [6, 6.07) is 7.92. The highest BCUT2D eigenvalue weighted by atomic mass is 19.1. The van der Waals surface area contributed by atoms with Crippen LogP contribution in [0.4, 0.5) is 4.39 Å². The molecule has 1 aromatic carbocycles. The molecule has 2 rings (SSSR count).